The Hall–Kier alpha value is -2.40. The van der Waals surface area contributed by atoms with Crippen molar-refractivity contribution in [1.29, 1.82) is 0 Å². The lowest BCUT2D eigenvalue weighted by atomic mass is 10.2. The van der Waals surface area contributed by atoms with Crippen LogP contribution in [-0.2, 0) is 13.1 Å². The summed E-state index contributed by atoms with van der Waals surface area (Å²) in [5.41, 5.74) is 1.36. The van der Waals surface area contributed by atoms with Crippen LogP contribution in [0.15, 0.2) is 58.1 Å². The fourth-order valence-electron chi connectivity index (χ4n) is 3.65. The molecule has 160 valence electrons. The average Bonchev–Trinajstić information content (AvgIpc) is 3.51. The van der Waals surface area contributed by atoms with Gasteiger partial charge >= 0.3 is 0 Å². The van der Waals surface area contributed by atoms with Crippen molar-refractivity contribution in [1.82, 2.24) is 30.7 Å². The number of nitrogens with one attached hydrogen (secondary N) is 3. The monoisotopic (exact) mass is 521 g/mol. The molecule has 1 saturated heterocycles. The summed E-state index contributed by atoms with van der Waals surface area (Å²) in [4.78, 5) is 11.3. The topological polar surface area (TPSA) is 94.4 Å². The molecule has 1 aliphatic rings. The normalized spacial score (nSPS) is 17.0. The van der Waals surface area contributed by atoms with Gasteiger partial charge in [-0.05, 0) is 37.1 Å². The summed E-state index contributed by atoms with van der Waals surface area (Å²) in [7, 11) is 1.78. The maximum atomic E-state index is 5.32. The van der Waals surface area contributed by atoms with Crippen LogP contribution in [0, 0.1) is 0 Å². The van der Waals surface area contributed by atoms with Crippen molar-refractivity contribution < 1.29 is 4.42 Å². The number of nitrogens with zero attached hydrogens (tertiary/aromatic N) is 4. The maximum Gasteiger partial charge on any atom is 0.216 e. The van der Waals surface area contributed by atoms with E-state index >= 15 is 0 Å². The van der Waals surface area contributed by atoms with Crippen LogP contribution in [0.1, 0.15) is 24.2 Å². The molecule has 3 heterocycles. The fourth-order valence-corrected chi connectivity index (χ4v) is 3.65. The Bertz CT molecular complexity index is 911. The van der Waals surface area contributed by atoms with Gasteiger partial charge in [0.1, 0.15) is 5.82 Å². The maximum absolute atomic E-state index is 5.32. The first-order valence-corrected chi connectivity index (χ1v) is 9.99. The lowest BCUT2D eigenvalue weighted by Gasteiger charge is -2.25. The lowest BCUT2D eigenvalue weighted by molar-refractivity contribution is 0.245. The average molecular weight is 521 g/mol. The first-order chi connectivity index (χ1) is 14.3. The van der Waals surface area contributed by atoms with Gasteiger partial charge in [0.05, 0.1) is 12.8 Å². The van der Waals surface area contributed by atoms with Gasteiger partial charge in [-0.2, -0.15) is 0 Å². The van der Waals surface area contributed by atoms with Gasteiger partial charge in [0, 0.05) is 26.2 Å². The van der Waals surface area contributed by atoms with Crippen LogP contribution in [0.25, 0.3) is 11.6 Å². The van der Waals surface area contributed by atoms with Crippen LogP contribution >= 0.6 is 24.0 Å². The molecule has 1 aromatic carbocycles. The molecule has 9 heteroatoms. The number of hydrogen-bond donors (Lipinski definition) is 3. The van der Waals surface area contributed by atoms with Gasteiger partial charge in [0.2, 0.25) is 5.82 Å². The number of hydrogen-bond acceptors (Lipinski definition) is 5. The third-order valence-electron chi connectivity index (χ3n) is 5.15. The highest BCUT2D eigenvalue weighted by atomic mass is 127. The highest BCUT2D eigenvalue weighted by molar-refractivity contribution is 14.0. The van der Waals surface area contributed by atoms with Gasteiger partial charge in [0.15, 0.2) is 11.7 Å². The molecule has 2 aromatic heterocycles. The van der Waals surface area contributed by atoms with E-state index in [1.54, 1.807) is 13.3 Å². The molecule has 1 atom stereocenters. The quantitative estimate of drug-likeness (QED) is 0.252. The van der Waals surface area contributed by atoms with E-state index in [1.807, 2.05) is 12.1 Å². The number of guanidine groups is 1. The van der Waals surface area contributed by atoms with E-state index in [2.05, 4.69) is 66.0 Å². The Balaban J connectivity index is 0.00000256. The molecule has 0 saturated carbocycles. The number of aromatic amines is 1. The van der Waals surface area contributed by atoms with Crippen LogP contribution in [0.4, 0.5) is 0 Å². The Morgan fingerprint density at radius 3 is 2.87 bits per heavy atom. The van der Waals surface area contributed by atoms with E-state index in [-0.39, 0.29) is 24.0 Å². The number of likely N-dealkylation sites (tertiary alicyclic amines) is 1. The number of aliphatic imine (C=N–C) groups is 1. The minimum Gasteiger partial charge on any atom is -0.461 e. The zero-order valence-corrected chi connectivity index (χ0v) is 19.4. The van der Waals surface area contributed by atoms with E-state index in [0.717, 1.165) is 31.4 Å². The van der Waals surface area contributed by atoms with Crippen molar-refractivity contribution in [2.75, 3.05) is 20.1 Å². The summed E-state index contributed by atoms with van der Waals surface area (Å²) in [6.07, 6.45) is 4.05. The predicted molar refractivity (Wildman–Crippen MR) is 128 cm³/mol. The van der Waals surface area contributed by atoms with Crippen molar-refractivity contribution in [3.05, 3.63) is 60.1 Å². The molecular formula is C21H28IN7O. The lowest BCUT2D eigenvalue weighted by Crippen LogP contribution is -2.44. The standard InChI is InChI=1S/C21H27N7O.HI/c1-22-21(24-14-19-25-20(27-26-19)18-10-6-12-29-18)23-13-17-9-5-11-28(17)15-16-7-3-2-4-8-16;/h2-4,6-8,10,12,17H,5,9,11,13-15H2,1H3,(H2,22,23,24)(H,25,26,27);1H. The van der Waals surface area contributed by atoms with Crippen LogP contribution in [0.3, 0.4) is 0 Å². The minimum absolute atomic E-state index is 0. The molecule has 3 N–H and O–H groups in total. The zero-order valence-electron chi connectivity index (χ0n) is 17.0. The molecule has 3 aromatic rings. The Kier molecular flexibility index (Phi) is 8.26. The highest BCUT2D eigenvalue weighted by Gasteiger charge is 2.24. The van der Waals surface area contributed by atoms with Gasteiger partial charge in [0.25, 0.3) is 0 Å². The first-order valence-electron chi connectivity index (χ1n) is 9.99. The third kappa shape index (κ3) is 5.82. The summed E-state index contributed by atoms with van der Waals surface area (Å²) in [5.74, 6) is 2.69. The minimum atomic E-state index is 0. The van der Waals surface area contributed by atoms with E-state index in [4.69, 9.17) is 4.42 Å². The van der Waals surface area contributed by atoms with Crippen molar-refractivity contribution in [2.24, 2.45) is 4.99 Å². The third-order valence-corrected chi connectivity index (χ3v) is 5.15. The SMILES string of the molecule is CN=C(NCc1nc(-c2ccco2)n[nH]1)NCC1CCCN1Cc1ccccc1.I. The molecule has 0 radical (unpaired) electrons. The second kappa shape index (κ2) is 11.1. The molecule has 0 aliphatic carbocycles. The summed E-state index contributed by atoms with van der Waals surface area (Å²) >= 11 is 0. The van der Waals surface area contributed by atoms with Gasteiger partial charge in [-0.25, -0.2) is 4.98 Å². The molecule has 0 amide bonds. The van der Waals surface area contributed by atoms with Crippen molar-refractivity contribution >= 4 is 29.9 Å². The largest absolute Gasteiger partial charge is 0.461 e. The van der Waals surface area contributed by atoms with E-state index < -0.39 is 0 Å². The molecule has 30 heavy (non-hydrogen) atoms. The predicted octanol–water partition coefficient (Wildman–Crippen LogP) is 3.01. The molecule has 1 aliphatic heterocycles. The van der Waals surface area contributed by atoms with E-state index in [9.17, 15) is 0 Å². The van der Waals surface area contributed by atoms with Crippen molar-refractivity contribution in [2.45, 2.75) is 32.0 Å². The van der Waals surface area contributed by atoms with Crippen LogP contribution in [0.2, 0.25) is 0 Å². The number of halogens is 1. The molecule has 1 unspecified atom stereocenters. The summed E-state index contributed by atoms with van der Waals surface area (Å²) in [6.45, 7) is 3.50. The molecule has 1 fully saturated rings. The van der Waals surface area contributed by atoms with Gasteiger partial charge in [-0.3, -0.25) is 15.0 Å². The second-order valence-corrected chi connectivity index (χ2v) is 7.14. The highest BCUT2D eigenvalue weighted by Crippen LogP contribution is 2.19. The first kappa shape index (κ1) is 22.3. The van der Waals surface area contributed by atoms with Gasteiger partial charge in [-0.1, -0.05) is 30.3 Å². The zero-order chi connectivity index (χ0) is 19.9. The van der Waals surface area contributed by atoms with Crippen LogP contribution in [0.5, 0.6) is 0 Å². The number of furan rings is 1. The number of aromatic nitrogens is 3. The van der Waals surface area contributed by atoms with Gasteiger partial charge < -0.3 is 15.1 Å². The fraction of sp³-hybridized carbons (Fsp3) is 0.381. The summed E-state index contributed by atoms with van der Waals surface area (Å²) in [6, 6.07) is 14.8. The second-order valence-electron chi connectivity index (χ2n) is 7.14. The van der Waals surface area contributed by atoms with Crippen molar-refractivity contribution in [3.8, 4) is 11.6 Å². The molecule has 4 rings (SSSR count). The summed E-state index contributed by atoms with van der Waals surface area (Å²) < 4.78 is 5.32. The number of rotatable bonds is 7. The smallest absolute Gasteiger partial charge is 0.216 e. The Labute approximate surface area is 193 Å². The number of benzene rings is 1. The van der Waals surface area contributed by atoms with E-state index in [1.165, 1.54) is 18.4 Å². The van der Waals surface area contributed by atoms with Crippen LogP contribution < -0.4 is 10.6 Å². The molecular weight excluding hydrogens is 493 g/mol. The molecule has 0 spiro atoms. The van der Waals surface area contributed by atoms with Gasteiger partial charge in [-0.15, -0.1) is 29.1 Å². The Morgan fingerprint density at radius 2 is 2.10 bits per heavy atom. The number of H-pyrrole nitrogens is 1. The molecule has 0 bridgehead atoms. The van der Waals surface area contributed by atoms with E-state index in [0.29, 0.717) is 24.2 Å². The Morgan fingerprint density at radius 1 is 1.23 bits per heavy atom. The molecule has 8 nitrogen and oxygen atoms in total. The summed E-state index contributed by atoms with van der Waals surface area (Å²) in [5, 5.41) is 13.9. The van der Waals surface area contributed by atoms with Crippen LogP contribution in [-0.4, -0.2) is 52.2 Å². The van der Waals surface area contributed by atoms with Crippen molar-refractivity contribution in [3.63, 3.8) is 0 Å².